The van der Waals surface area contributed by atoms with Crippen molar-refractivity contribution in [1.29, 1.82) is 0 Å². The normalized spacial score (nSPS) is 11.9. The largest absolute Gasteiger partial charge is 0.465 e. The van der Waals surface area contributed by atoms with E-state index in [1.807, 2.05) is 29.6 Å². The molecule has 0 N–H and O–H groups in total. The third-order valence-electron chi connectivity index (χ3n) is 5.21. The van der Waals surface area contributed by atoms with Gasteiger partial charge in [-0.1, -0.05) is 35.6 Å². The Bertz CT molecular complexity index is 1660. The molecule has 0 radical (unpaired) electrons. The van der Waals surface area contributed by atoms with Crippen LogP contribution in [0.4, 0.5) is 8.78 Å². The van der Waals surface area contributed by atoms with E-state index in [0.29, 0.717) is 22.2 Å². The maximum absolute atomic E-state index is 14.7. The van der Waals surface area contributed by atoms with Crippen LogP contribution in [-0.2, 0) is 16.1 Å². The maximum Gasteiger partial charge on any atom is 0.326 e. The molecular weight excluding hydrogens is 492 g/mol. The molecule has 0 atom stereocenters. The Morgan fingerprint density at radius 2 is 1.94 bits per heavy atom. The number of carbonyl (C=O) groups excluding carboxylic acids is 2. The number of hydrogen-bond donors (Lipinski definition) is 0. The fraction of sp³-hybridized carbons (Fsp3) is 0.120. The number of ether oxygens (including phenoxy) is 1. The molecule has 5 aromatic rings. The van der Waals surface area contributed by atoms with Gasteiger partial charge in [0.15, 0.2) is 10.6 Å². The van der Waals surface area contributed by atoms with Gasteiger partial charge in [0.2, 0.25) is 0 Å². The molecule has 0 bridgehead atoms. The molecule has 0 fully saturated rings. The number of thiophene rings is 1. The van der Waals surface area contributed by atoms with Gasteiger partial charge in [-0.25, -0.2) is 13.8 Å². The quantitative estimate of drug-likeness (QED) is 0.291. The Balaban J connectivity index is 1.70. The monoisotopic (exact) mass is 509 g/mol. The smallest absolute Gasteiger partial charge is 0.326 e. The molecular formula is C25H17F2N3O3S2. The number of hydrogen-bond acceptors (Lipinski definition) is 6. The van der Waals surface area contributed by atoms with Gasteiger partial charge >= 0.3 is 5.97 Å². The van der Waals surface area contributed by atoms with E-state index in [4.69, 9.17) is 4.74 Å². The summed E-state index contributed by atoms with van der Waals surface area (Å²) in [7, 11) is 0. The minimum absolute atomic E-state index is 0.0186. The lowest BCUT2D eigenvalue weighted by atomic mass is 10.1. The molecule has 0 aliphatic rings. The van der Waals surface area contributed by atoms with Crippen molar-refractivity contribution in [2.24, 2.45) is 4.99 Å². The van der Waals surface area contributed by atoms with Gasteiger partial charge in [-0.2, -0.15) is 4.99 Å². The fourth-order valence-electron chi connectivity index (χ4n) is 3.75. The van der Waals surface area contributed by atoms with Crippen LogP contribution >= 0.6 is 22.7 Å². The minimum Gasteiger partial charge on any atom is -0.465 e. The van der Waals surface area contributed by atoms with Crippen molar-refractivity contribution in [2.45, 2.75) is 13.5 Å². The number of benzene rings is 2. The number of nitrogens with zero attached hydrogens (tertiary/aromatic N) is 3. The van der Waals surface area contributed by atoms with Crippen LogP contribution in [0.1, 0.15) is 17.3 Å². The Kier molecular flexibility index (Phi) is 6.23. The second-order valence-electron chi connectivity index (χ2n) is 7.48. The van der Waals surface area contributed by atoms with E-state index in [1.165, 1.54) is 15.9 Å². The number of aromatic nitrogens is 2. The molecule has 0 unspecified atom stereocenters. The Labute approximate surface area is 205 Å². The average Bonchev–Trinajstić information content (AvgIpc) is 3.47. The van der Waals surface area contributed by atoms with E-state index in [1.54, 1.807) is 25.1 Å². The van der Waals surface area contributed by atoms with Crippen molar-refractivity contribution < 1.29 is 23.1 Å². The van der Waals surface area contributed by atoms with Crippen molar-refractivity contribution in [3.05, 3.63) is 82.0 Å². The Morgan fingerprint density at radius 1 is 1.11 bits per heavy atom. The highest BCUT2D eigenvalue weighted by Gasteiger charge is 2.19. The van der Waals surface area contributed by atoms with Gasteiger partial charge in [0, 0.05) is 11.5 Å². The van der Waals surface area contributed by atoms with Crippen LogP contribution in [0.2, 0.25) is 0 Å². The molecule has 10 heteroatoms. The van der Waals surface area contributed by atoms with Gasteiger partial charge in [-0.15, -0.1) is 11.3 Å². The predicted molar refractivity (Wildman–Crippen MR) is 131 cm³/mol. The number of amides is 1. The predicted octanol–water partition coefficient (Wildman–Crippen LogP) is 5.56. The molecule has 176 valence electrons. The number of pyridine rings is 1. The Morgan fingerprint density at radius 3 is 2.71 bits per heavy atom. The lowest BCUT2D eigenvalue weighted by Gasteiger charge is -2.07. The molecule has 3 heterocycles. The zero-order chi connectivity index (χ0) is 24.5. The first-order valence-corrected chi connectivity index (χ1v) is 12.3. The third kappa shape index (κ3) is 4.50. The van der Waals surface area contributed by atoms with Crippen LogP contribution in [0.5, 0.6) is 0 Å². The average molecular weight is 510 g/mol. The summed E-state index contributed by atoms with van der Waals surface area (Å²) in [5, 5.41) is 2.53. The molecule has 3 aromatic heterocycles. The highest BCUT2D eigenvalue weighted by molar-refractivity contribution is 7.16. The molecule has 0 aliphatic heterocycles. The highest BCUT2D eigenvalue weighted by Crippen LogP contribution is 2.28. The molecule has 6 nitrogen and oxygen atoms in total. The SMILES string of the molecule is CCOC(=O)Cn1c(=NC(=O)c2cc(-c3cccs3)nc3ccccc23)sc2cc(F)cc(F)c21. The standard InChI is InChI=1S/C25H17F2N3O3S2/c1-2-33-22(31)13-30-23-17(27)10-14(26)11-21(23)35-25(30)29-24(32)16-12-19(20-8-5-9-34-20)28-18-7-4-3-6-15(16)18/h3-12H,2,13H2,1H3. The molecule has 0 aliphatic carbocycles. The second-order valence-corrected chi connectivity index (χ2v) is 9.43. The topological polar surface area (TPSA) is 73.6 Å². The number of fused-ring (bicyclic) bond motifs is 2. The van der Waals surface area contributed by atoms with Crippen molar-refractivity contribution in [3.8, 4) is 10.6 Å². The van der Waals surface area contributed by atoms with E-state index >= 15 is 0 Å². The van der Waals surface area contributed by atoms with Crippen molar-refractivity contribution >= 4 is 55.7 Å². The first-order chi connectivity index (χ1) is 16.9. The summed E-state index contributed by atoms with van der Waals surface area (Å²) in [6.07, 6.45) is 0. The molecule has 0 spiro atoms. The van der Waals surface area contributed by atoms with E-state index in [0.717, 1.165) is 28.3 Å². The number of thiazole rings is 1. The highest BCUT2D eigenvalue weighted by atomic mass is 32.1. The lowest BCUT2D eigenvalue weighted by molar-refractivity contribution is -0.143. The van der Waals surface area contributed by atoms with Gasteiger partial charge in [-0.05, 0) is 36.6 Å². The van der Waals surface area contributed by atoms with Gasteiger partial charge < -0.3 is 9.30 Å². The lowest BCUT2D eigenvalue weighted by Crippen LogP contribution is -2.23. The number of para-hydroxylation sites is 1. The van der Waals surface area contributed by atoms with Crippen LogP contribution in [0, 0.1) is 11.6 Å². The zero-order valence-corrected chi connectivity index (χ0v) is 20.0. The second kappa shape index (κ2) is 9.47. The maximum atomic E-state index is 14.7. The van der Waals surface area contributed by atoms with E-state index in [9.17, 15) is 18.4 Å². The van der Waals surface area contributed by atoms with Crippen LogP contribution in [0.25, 0.3) is 31.7 Å². The van der Waals surface area contributed by atoms with Gasteiger partial charge in [0.1, 0.15) is 12.4 Å². The molecule has 1 amide bonds. The number of halogens is 2. The molecule has 0 saturated carbocycles. The number of rotatable bonds is 5. The summed E-state index contributed by atoms with van der Waals surface area (Å²) in [5.74, 6) is -2.84. The van der Waals surface area contributed by atoms with Gasteiger partial charge in [-0.3, -0.25) is 9.59 Å². The van der Waals surface area contributed by atoms with E-state index in [2.05, 4.69) is 9.98 Å². The van der Waals surface area contributed by atoms with Crippen molar-refractivity contribution in [3.63, 3.8) is 0 Å². The molecule has 5 rings (SSSR count). The number of carbonyl (C=O) groups is 2. The first-order valence-electron chi connectivity index (χ1n) is 10.6. The van der Waals surface area contributed by atoms with Crippen molar-refractivity contribution in [1.82, 2.24) is 9.55 Å². The van der Waals surface area contributed by atoms with Gasteiger partial charge in [0.05, 0.1) is 38.5 Å². The minimum atomic E-state index is -0.858. The first kappa shape index (κ1) is 23.0. The zero-order valence-electron chi connectivity index (χ0n) is 18.3. The van der Waals surface area contributed by atoms with Crippen LogP contribution in [0.15, 0.2) is 65.0 Å². The summed E-state index contributed by atoms with van der Waals surface area (Å²) >= 11 is 2.41. The van der Waals surface area contributed by atoms with E-state index in [-0.39, 0.29) is 28.2 Å². The van der Waals surface area contributed by atoms with E-state index < -0.39 is 23.5 Å². The summed E-state index contributed by atoms with van der Waals surface area (Å²) in [5.41, 5.74) is 1.54. The fourth-order valence-corrected chi connectivity index (χ4v) is 5.50. The molecule has 2 aromatic carbocycles. The molecule has 0 saturated heterocycles. The van der Waals surface area contributed by atoms with Crippen LogP contribution < -0.4 is 4.80 Å². The summed E-state index contributed by atoms with van der Waals surface area (Å²) in [6, 6.07) is 14.5. The molecule has 35 heavy (non-hydrogen) atoms. The Hall–Kier alpha value is -3.76. The van der Waals surface area contributed by atoms with Crippen LogP contribution in [0.3, 0.4) is 0 Å². The summed E-state index contributed by atoms with van der Waals surface area (Å²) < 4.78 is 35.0. The summed E-state index contributed by atoms with van der Waals surface area (Å²) in [6.45, 7) is 1.41. The van der Waals surface area contributed by atoms with Crippen molar-refractivity contribution in [2.75, 3.05) is 6.61 Å². The third-order valence-corrected chi connectivity index (χ3v) is 7.12. The number of esters is 1. The van der Waals surface area contributed by atoms with Gasteiger partial charge in [0.25, 0.3) is 5.91 Å². The van der Waals surface area contributed by atoms with Crippen LogP contribution in [-0.4, -0.2) is 28.0 Å². The summed E-state index contributed by atoms with van der Waals surface area (Å²) in [4.78, 5) is 35.5.